The number of aryl methyl sites for hydroxylation is 6. The summed E-state index contributed by atoms with van der Waals surface area (Å²) in [6.07, 6.45) is 10.3. The molecule has 0 atom stereocenters. The normalized spacial score (nSPS) is 17.1. The van der Waals surface area contributed by atoms with Crippen molar-refractivity contribution in [3.8, 4) is 17.2 Å². The van der Waals surface area contributed by atoms with Gasteiger partial charge in [-0.05, 0) is 281 Å². The highest BCUT2D eigenvalue weighted by Crippen LogP contribution is 2.40. The molecular weight excluding hydrogens is 1150 g/mol. The molecule has 5 heterocycles. The Morgan fingerprint density at radius 2 is 0.924 bits per heavy atom. The summed E-state index contributed by atoms with van der Waals surface area (Å²) >= 11 is 0. The molecule has 0 spiro atoms. The molecule has 13 nitrogen and oxygen atoms in total. The van der Waals surface area contributed by atoms with Crippen LogP contribution in [0.25, 0.3) is 5.57 Å². The lowest BCUT2D eigenvalue weighted by Gasteiger charge is -2.32. The molecule has 5 aliphatic rings. The first-order chi connectivity index (χ1) is 43.3. The molecule has 14 heteroatoms. The maximum absolute atomic E-state index is 12.1. The number of carbonyl (C=O) groups is 2. The zero-order valence-electron chi connectivity index (χ0n) is 63.2. The summed E-state index contributed by atoms with van der Waals surface area (Å²) in [5.74, 6) is 3.74. The van der Waals surface area contributed by atoms with Gasteiger partial charge in [-0.25, -0.2) is 9.59 Å². The van der Waals surface area contributed by atoms with E-state index < -0.39 is 11.2 Å². The van der Waals surface area contributed by atoms with Gasteiger partial charge in [0, 0.05) is 26.2 Å². The minimum atomic E-state index is -0.465. The van der Waals surface area contributed by atoms with Crippen LogP contribution in [0, 0.1) is 41.5 Å². The van der Waals surface area contributed by atoms with Crippen molar-refractivity contribution in [1.29, 1.82) is 0 Å². The molecular formula is C78H129BN4O9. The van der Waals surface area contributed by atoms with Crippen molar-refractivity contribution in [2.24, 2.45) is 0 Å². The van der Waals surface area contributed by atoms with Gasteiger partial charge in [0.2, 0.25) is 0 Å². The molecule has 0 unspecified atom stereocenters. The topological polar surface area (TPSA) is 123 Å². The van der Waals surface area contributed by atoms with E-state index in [-0.39, 0.29) is 30.5 Å². The van der Waals surface area contributed by atoms with Crippen LogP contribution in [0.1, 0.15) is 225 Å². The Morgan fingerprint density at radius 3 is 1.29 bits per heavy atom. The molecule has 0 bridgehead atoms. The van der Waals surface area contributed by atoms with Crippen LogP contribution in [-0.4, -0.2) is 147 Å². The molecule has 92 heavy (non-hydrogen) atoms. The van der Waals surface area contributed by atoms with E-state index in [9.17, 15) is 14.7 Å². The van der Waals surface area contributed by atoms with Crippen LogP contribution in [0.4, 0.5) is 9.59 Å². The number of nitrogens with zero attached hydrogens (tertiary/aromatic N) is 4. The third-order valence-corrected chi connectivity index (χ3v) is 16.8. The van der Waals surface area contributed by atoms with Crippen molar-refractivity contribution in [2.45, 2.75) is 239 Å². The molecule has 1 N–H and O–H groups in total. The van der Waals surface area contributed by atoms with Crippen LogP contribution in [0.3, 0.4) is 0 Å². The number of ether oxygens (including phenoxy) is 4. The molecule has 0 aliphatic carbocycles. The van der Waals surface area contributed by atoms with E-state index in [1.807, 2.05) is 176 Å². The van der Waals surface area contributed by atoms with E-state index in [2.05, 4.69) is 99.3 Å². The van der Waals surface area contributed by atoms with Crippen LogP contribution in [-0.2, 0) is 18.8 Å². The van der Waals surface area contributed by atoms with E-state index >= 15 is 0 Å². The minimum absolute atomic E-state index is 0.242. The second-order valence-corrected chi connectivity index (χ2v) is 26.7. The summed E-state index contributed by atoms with van der Waals surface area (Å²) in [6.45, 7) is 55.3. The Kier molecular flexibility index (Phi) is 37.6. The zero-order chi connectivity index (χ0) is 70.3. The SMILES string of the molecule is CC.CC.CC.CC.CC(C)(C)OC(=O)N1CC=C(B2OC(C)(C)C(C)(C)O2)CC1.COc1ccc(C)cc1C.COc1ccc(C2=CCN(C(=O)OC(C)(C)C)CC2)cc1C.Cc1cc(C2CCN(C)CC2)ccc1O.Cc1ccc(C2CCN(C)CC2)cc1C. The van der Waals surface area contributed by atoms with Gasteiger partial charge in [-0.2, -0.15) is 0 Å². The highest BCUT2D eigenvalue weighted by Gasteiger charge is 2.52. The van der Waals surface area contributed by atoms with E-state index in [1.54, 1.807) is 29.6 Å². The monoisotopic (exact) mass is 1280 g/mol. The van der Waals surface area contributed by atoms with Gasteiger partial charge in [0.05, 0.1) is 25.4 Å². The van der Waals surface area contributed by atoms with Gasteiger partial charge >= 0.3 is 19.3 Å². The molecule has 0 saturated carbocycles. The van der Waals surface area contributed by atoms with Crippen molar-refractivity contribution in [3.05, 3.63) is 140 Å². The molecule has 5 aliphatic heterocycles. The van der Waals surface area contributed by atoms with Gasteiger partial charge in [0.15, 0.2) is 0 Å². The lowest BCUT2D eigenvalue weighted by Crippen LogP contribution is -2.41. The number of amides is 2. The zero-order valence-corrected chi connectivity index (χ0v) is 63.2. The standard InChI is InChI=1S/C18H25NO3.C16H28BNO4.C14H21N.C13H19NO.C9H12O.4C2H6/c1-13-12-15(6-7-16(13)21-5)14-8-10-19(11-9-14)17(20)22-18(2,3)4;1-14(2,3)20-13(19)18-10-8-12(9-11-18)17-21-15(4,5)16(6,7)22-17;1-11-4-5-14(10-12(11)2)13-6-8-15(3)9-7-13;1-10-9-12(3-4-13(10)15)11-5-7-14(2)8-6-11;1-7-4-5-9(10-3)8(2)6-7;4*1-2/h6-8,12H,9-11H2,1-5H3;8H,9-11H2,1-7H3;4-5,10,13H,6-9H2,1-3H3;3-4,9,11,15H,5-8H2,1-2H3;4-6H,1-3H3;4*1-2H3. The number of likely N-dealkylation sites (tertiary alicyclic amines) is 2. The molecule has 9 rings (SSSR count). The van der Waals surface area contributed by atoms with Crippen molar-refractivity contribution in [1.82, 2.24) is 19.6 Å². The molecule has 4 aromatic carbocycles. The van der Waals surface area contributed by atoms with Gasteiger partial charge in [-0.1, -0.05) is 122 Å². The van der Waals surface area contributed by atoms with Crippen LogP contribution in [0.15, 0.2) is 90.4 Å². The summed E-state index contributed by atoms with van der Waals surface area (Å²) in [5, 5.41) is 9.48. The molecule has 3 fully saturated rings. The number of hydrogen-bond donors (Lipinski definition) is 1. The predicted octanol–water partition coefficient (Wildman–Crippen LogP) is 19.3. The molecule has 518 valence electrons. The van der Waals surface area contributed by atoms with Crippen LogP contribution >= 0.6 is 0 Å². The van der Waals surface area contributed by atoms with Crippen molar-refractivity contribution >= 4 is 24.9 Å². The Bertz CT molecular complexity index is 2770. The van der Waals surface area contributed by atoms with Crippen LogP contribution in [0.2, 0.25) is 0 Å². The first-order valence-corrected chi connectivity index (χ1v) is 34.5. The highest BCUT2D eigenvalue weighted by atomic mass is 16.7. The number of aromatic hydroxyl groups is 1. The number of phenols is 1. The Balaban J connectivity index is 0.000000570. The Labute approximate surface area is 562 Å². The number of rotatable bonds is 6. The molecule has 4 aromatic rings. The van der Waals surface area contributed by atoms with Gasteiger partial charge in [0.1, 0.15) is 28.5 Å². The van der Waals surface area contributed by atoms with E-state index in [0.717, 1.165) is 46.9 Å². The highest BCUT2D eigenvalue weighted by molar-refractivity contribution is 6.54. The number of carbonyl (C=O) groups excluding carboxylic acids is 2. The summed E-state index contributed by atoms with van der Waals surface area (Å²) in [7, 11) is 7.46. The lowest BCUT2D eigenvalue weighted by atomic mass is 9.75. The van der Waals surface area contributed by atoms with Crippen molar-refractivity contribution in [3.63, 3.8) is 0 Å². The first-order valence-electron chi connectivity index (χ1n) is 34.5. The molecule has 3 saturated heterocycles. The van der Waals surface area contributed by atoms with Gasteiger partial charge in [0.25, 0.3) is 0 Å². The lowest BCUT2D eigenvalue weighted by molar-refractivity contribution is 0.00578. The fraction of sp³-hybridized carbons (Fsp3) is 0.615. The average Bonchev–Trinajstić information content (AvgIpc) is 1.62. The summed E-state index contributed by atoms with van der Waals surface area (Å²) in [5.41, 5.74) is 12.4. The molecule has 0 radical (unpaired) electrons. The maximum Gasteiger partial charge on any atom is 0.490 e. The maximum atomic E-state index is 12.1. The quantitative estimate of drug-likeness (QED) is 0.186. The van der Waals surface area contributed by atoms with Gasteiger partial charge < -0.3 is 53.0 Å². The Hall–Kier alpha value is -5.80. The number of hydrogen-bond acceptors (Lipinski definition) is 11. The number of methoxy groups -OCH3 is 2. The van der Waals surface area contributed by atoms with E-state index in [4.69, 9.17) is 28.3 Å². The average molecular weight is 1280 g/mol. The van der Waals surface area contributed by atoms with Gasteiger partial charge in [-0.3, -0.25) is 0 Å². The largest absolute Gasteiger partial charge is 0.508 e. The van der Waals surface area contributed by atoms with Crippen LogP contribution < -0.4 is 9.47 Å². The number of phenolic OH excluding ortho intramolecular Hbond substituents is 1. The van der Waals surface area contributed by atoms with Crippen LogP contribution in [0.5, 0.6) is 17.2 Å². The van der Waals surface area contributed by atoms with Crippen molar-refractivity contribution < 1.29 is 43.0 Å². The van der Waals surface area contributed by atoms with E-state index in [0.29, 0.717) is 37.8 Å². The first kappa shape index (κ1) is 84.2. The number of benzene rings is 4. The smallest absolute Gasteiger partial charge is 0.490 e. The third-order valence-electron chi connectivity index (χ3n) is 16.8. The summed E-state index contributed by atoms with van der Waals surface area (Å²) in [4.78, 5) is 32.4. The molecule has 0 aromatic heterocycles. The summed E-state index contributed by atoms with van der Waals surface area (Å²) in [6, 6.07) is 25.3. The second-order valence-electron chi connectivity index (χ2n) is 26.7. The Morgan fingerprint density at radius 1 is 0.511 bits per heavy atom. The fourth-order valence-corrected chi connectivity index (χ4v) is 10.6. The fourth-order valence-electron chi connectivity index (χ4n) is 10.6. The minimum Gasteiger partial charge on any atom is -0.508 e. The number of piperidine rings is 2. The molecule has 2 amide bonds. The van der Waals surface area contributed by atoms with Gasteiger partial charge in [-0.15, -0.1) is 0 Å². The third kappa shape index (κ3) is 28.4. The van der Waals surface area contributed by atoms with Crippen molar-refractivity contribution in [2.75, 3.05) is 80.7 Å². The second kappa shape index (κ2) is 41.1. The predicted molar refractivity (Wildman–Crippen MR) is 390 cm³/mol. The van der Waals surface area contributed by atoms with E-state index in [1.165, 1.54) is 90.8 Å². The summed E-state index contributed by atoms with van der Waals surface area (Å²) < 4.78 is 33.3.